The third-order valence-electron chi connectivity index (χ3n) is 2.78. The first-order valence-corrected chi connectivity index (χ1v) is 4.07. The summed E-state index contributed by atoms with van der Waals surface area (Å²) in [5.74, 6) is 1.31. The standard InChI is InChI=1S/C8H13NO2.ClH/c1-11-8(10)6-2-4(6)5-3-7(5)9;/h4-7H,2-3,9H2,1H3;1H. The summed E-state index contributed by atoms with van der Waals surface area (Å²) in [4.78, 5) is 11.0. The summed E-state index contributed by atoms with van der Waals surface area (Å²) in [5, 5.41) is 0. The molecule has 0 saturated heterocycles. The van der Waals surface area contributed by atoms with Crippen LogP contribution in [-0.2, 0) is 9.53 Å². The molecule has 0 aromatic heterocycles. The second-order valence-electron chi connectivity index (χ2n) is 3.59. The van der Waals surface area contributed by atoms with Gasteiger partial charge in [-0.25, -0.2) is 0 Å². The summed E-state index contributed by atoms with van der Waals surface area (Å²) in [6, 6.07) is 0.370. The molecule has 4 heteroatoms. The van der Waals surface area contributed by atoms with Gasteiger partial charge in [-0.3, -0.25) is 4.79 Å². The SMILES string of the molecule is COC(=O)C1CC1C1CC1N.Cl. The van der Waals surface area contributed by atoms with Crippen LogP contribution in [0.3, 0.4) is 0 Å². The Bertz CT molecular complexity index is 197. The van der Waals surface area contributed by atoms with Crippen molar-refractivity contribution in [2.24, 2.45) is 23.5 Å². The number of rotatable bonds is 2. The molecule has 4 atom stereocenters. The molecule has 0 aromatic rings. The molecular formula is C8H14ClNO2. The lowest BCUT2D eigenvalue weighted by molar-refractivity contribution is -0.142. The molecule has 2 aliphatic rings. The van der Waals surface area contributed by atoms with Crippen LogP contribution in [-0.4, -0.2) is 19.1 Å². The molecule has 4 unspecified atom stereocenters. The minimum Gasteiger partial charge on any atom is -0.469 e. The number of carbonyl (C=O) groups excluding carboxylic acids is 1. The van der Waals surface area contributed by atoms with Crippen molar-refractivity contribution in [1.29, 1.82) is 0 Å². The molecular weight excluding hydrogens is 178 g/mol. The average Bonchev–Trinajstić information content (AvgIpc) is 2.81. The lowest BCUT2D eigenvalue weighted by atomic mass is 10.2. The van der Waals surface area contributed by atoms with E-state index in [1.54, 1.807) is 0 Å². The van der Waals surface area contributed by atoms with Crippen molar-refractivity contribution in [3.8, 4) is 0 Å². The van der Waals surface area contributed by atoms with Gasteiger partial charge in [-0.05, 0) is 24.7 Å². The third-order valence-corrected chi connectivity index (χ3v) is 2.78. The fourth-order valence-electron chi connectivity index (χ4n) is 1.84. The smallest absolute Gasteiger partial charge is 0.308 e. The zero-order valence-electron chi connectivity index (χ0n) is 7.03. The van der Waals surface area contributed by atoms with Crippen LogP contribution >= 0.6 is 12.4 Å². The topological polar surface area (TPSA) is 52.3 Å². The van der Waals surface area contributed by atoms with Crippen LogP contribution in [0.15, 0.2) is 0 Å². The highest BCUT2D eigenvalue weighted by Gasteiger charge is 2.55. The van der Waals surface area contributed by atoms with Crippen LogP contribution < -0.4 is 5.73 Å². The normalized spacial score (nSPS) is 42.8. The summed E-state index contributed by atoms with van der Waals surface area (Å²) >= 11 is 0. The predicted octanol–water partition coefficient (Wildman–Crippen LogP) is 0.564. The van der Waals surface area contributed by atoms with E-state index in [9.17, 15) is 4.79 Å². The fourth-order valence-corrected chi connectivity index (χ4v) is 1.84. The number of ether oxygens (including phenoxy) is 1. The summed E-state index contributed by atoms with van der Waals surface area (Å²) in [7, 11) is 1.45. The molecule has 70 valence electrons. The van der Waals surface area contributed by atoms with Gasteiger partial charge in [-0.1, -0.05) is 0 Å². The summed E-state index contributed by atoms with van der Waals surface area (Å²) < 4.78 is 4.64. The Hall–Kier alpha value is -0.280. The van der Waals surface area contributed by atoms with Crippen LogP contribution in [0.4, 0.5) is 0 Å². The number of nitrogens with two attached hydrogens (primary N) is 1. The molecule has 0 spiro atoms. The van der Waals surface area contributed by atoms with Crippen molar-refractivity contribution in [2.75, 3.05) is 7.11 Å². The molecule has 2 N–H and O–H groups in total. The number of hydrogen-bond acceptors (Lipinski definition) is 3. The number of esters is 1. The molecule has 2 rings (SSSR count). The van der Waals surface area contributed by atoms with Crippen LogP contribution in [0.1, 0.15) is 12.8 Å². The summed E-state index contributed by atoms with van der Waals surface area (Å²) in [6.45, 7) is 0. The number of hydrogen-bond donors (Lipinski definition) is 1. The lowest BCUT2D eigenvalue weighted by Gasteiger charge is -1.95. The lowest BCUT2D eigenvalue weighted by Crippen LogP contribution is -2.08. The molecule has 3 nitrogen and oxygen atoms in total. The van der Waals surface area contributed by atoms with E-state index >= 15 is 0 Å². The Kier molecular flexibility index (Phi) is 2.64. The van der Waals surface area contributed by atoms with Gasteiger partial charge in [0, 0.05) is 6.04 Å². The first kappa shape index (κ1) is 9.81. The Balaban J connectivity index is 0.000000720. The Morgan fingerprint density at radius 3 is 2.42 bits per heavy atom. The van der Waals surface area contributed by atoms with E-state index in [-0.39, 0.29) is 24.3 Å². The monoisotopic (exact) mass is 191 g/mol. The average molecular weight is 192 g/mol. The molecule has 0 radical (unpaired) electrons. The maximum Gasteiger partial charge on any atom is 0.308 e. The Morgan fingerprint density at radius 1 is 1.42 bits per heavy atom. The molecule has 0 aromatic carbocycles. The maximum atomic E-state index is 11.0. The van der Waals surface area contributed by atoms with E-state index in [1.165, 1.54) is 7.11 Å². The summed E-state index contributed by atoms with van der Waals surface area (Å²) in [5.41, 5.74) is 5.66. The van der Waals surface area contributed by atoms with Crippen molar-refractivity contribution < 1.29 is 9.53 Å². The number of methoxy groups -OCH3 is 1. The number of halogens is 1. The molecule has 0 bridgehead atoms. The first-order valence-electron chi connectivity index (χ1n) is 4.07. The highest BCUT2D eigenvalue weighted by Crippen LogP contribution is 2.53. The minimum atomic E-state index is -0.0471. The van der Waals surface area contributed by atoms with E-state index in [0.29, 0.717) is 17.9 Å². The van der Waals surface area contributed by atoms with Gasteiger partial charge in [-0.15, -0.1) is 12.4 Å². The molecule has 0 heterocycles. The molecule has 0 amide bonds. The van der Waals surface area contributed by atoms with E-state index in [4.69, 9.17) is 5.73 Å². The van der Waals surface area contributed by atoms with E-state index in [2.05, 4.69) is 4.74 Å². The zero-order valence-corrected chi connectivity index (χ0v) is 7.84. The highest BCUT2D eigenvalue weighted by atomic mass is 35.5. The molecule has 2 aliphatic carbocycles. The van der Waals surface area contributed by atoms with Gasteiger partial charge in [0.15, 0.2) is 0 Å². The molecule has 12 heavy (non-hydrogen) atoms. The van der Waals surface area contributed by atoms with Crippen LogP contribution in [0.25, 0.3) is 0 Å². The second kappa shape index (κ2) is 3.23. The van der Waals surface area contributed by atoms with Crippen molar-refractivity contribution in [2.45, 2.75) is 18.9 Å². The number of carbonyl (C=O) groups is 1. The highest BCUT2D eigenvalue weighted by molar-refractivity contribution is 5.85. The summed E-state index contributed by atoms with van der Waals surface area (Å²) in [6.07, 6.45) is 2.11. The van der Waals surface area contributed by atoms with E-state index in [1.807, 2.05) is 0 Å². The van der Waals surface area contributed by atoms with Crippen LogP contribution in [0, 0.1) is 17.8 Å². The van der Waals surface area contributed by atoms with Gasteiger partial charge in [0.2, 0.25) is 0 Å². The second-order valence-corrected chi connectivity index (χ2v) is 3.59. The molecule has 2 fully saturated rings. The van der Waals surface area contributed by atoms with Crippen molar-refractivity contribution in [3.63, 3.8) is 0 Å². The fraction of sp³-hybridized carbons (Fsp3) is 0.875. The Morgan fingerprint density at radius 2 is 2.00 bits per heavy atom. The van der Waals surface area contributed by atoms with Gasteiger partial charge < -0.3 is 10.5 Å². The van der Waals surface area contributed by atoms with Gasteiger partial charge >= 0.3 is 5.97 Å². The quantitative estimate of drug-likeness (QED) is 0.650. The minimum absolute atomic E-state index is 0. The van der Waals surface area contributed by atoms with Gasteiger partial charge in [0.05, 0.1) is 13.0 Å². The van der Waals surface area contributed by atoms with Crippen molar-refractivity contribution in [1.82, 2.24) is 0 Å². The largest absolute Gasteiger partial charge is 0.469 e. The van der Waals surface area contributed by atoms with Crippen LogP contribution in [0.2, 0.25) is 0 Å². The molecule has 2 saturated carbocycles. The van der Waals surface area contributed by atoms with Gasteiger partial charge in [-0.2, -0.15) is 0 Å². The van der Waals surface area contributed by atoms with E-state index < -0.39 is 0 Å². The van der Waals surface area contributed by atoms with Gasteiger partial charge in [0.25, 0.3) is 0 Å². The third kappa shape index (κ3) is 1.57. The Labute approximate surface area is 78.1 Å². The van der Waals surface area contributed by atoms with E-state index in [0.717, 1.165) is 12.8 Å². The van der Waals surface area contributed by atoms with Gasteiger partial charge in [0.1, 0.15) is 0 Å². The van der Waals surface area contributed by atoms with Crippen molar-refractivity contribution in [3.05, 3.63) is 0 Å². The maximum absolute atomic E-state index is 11.0. The van der Waals surface area contributed by atoms with Crippen molar-refractivity contribution >= 4 is 18.4 Å². The molecule has 0 aliphatic heterocycles. The predicted molar refractivity (Wildman–Crippen MR) is 46.9 cm³/mol. The zero-order chi connectivity index (χ0) is 8.01. The first-order chi connectivity index (χ1) is 5.24. The van der Waals surface area contributed by atoms with Crippen LogP contribution in [0.5, 0.6) is 0 Å².